The molecule has 0 aliphatic carbocycles. The monoisotopic (exact) mass is 267 g/mol. The maximum absolute atomic E-state index is 8.83. The molecular weight excluding hydrogens is 250 g/mol. The van der Waals surface area contributed by atoms with Crippen molar-refractivity contribution in [1.82, 2.24) is 15.0 Å². The molecular formula is C12H17N3O2S. The molecule has 0 radical (unpaired) electrons. The van der Waals surface area contributed by atoms with E-state index in [1.54, 1.807) is 11.3 Å². The predicted molar refractivity (Wildman–Crippen MR) is 70.3 cm³/mol. The van der Waals surface area contributed by atoms with Gasteiger partial charge in [0.05, 0.1) is 12.1 Å². The highest BCUT2D eigenvalue weighted by Crippen LogP contribution is 2.20. The molecule has 2 rings (SSSR count). The lowest BCUT2D eigenvalue weighted by atomic mass is 10.3. The summed E-state index contributed by atoms with van der Waals surface area (Å²) in [7, 11) is 0. The first-order chi connectivity index (χ1) is 8.83. The van der Waals surface area contributed by atoms with Crippen LogP contribution in [0.1, 0.15) is 19.2 Å². The van der Waals surface area contributed by atoms with Crippen LogP contribution < -0.4 is 0 Å². The largest absolute Gasteiger partial charge is 0.396 e. The maximum Gasteiger partial charge on any atom is 0.258 e. The number of thiophene rings is 1. The molecule has 0 aromatic carbocycles. The van der Waals surface area contributed by atoms with Crippen molar-refractivity contribution in [3.63, 3.8) is 0 Å². The Balaban J connectivity index is 1.97. The second-order valence-corrected chi connectivity index (χ2v) is 4.75. The summed E-state index contributed by atoms with van der Waals surface area (Å²) in [6.07, 6.45) is 0.767. The van der Waals surface area contributed by atoms with Crippen LogP contribution in [-0.4, -0.2) is 39.8 Å². The fourth-order valence-corrected chi connectivity index (χ4v) is 2.29. The van der Waals surface area contributed by atoms with Gasteiger partial charge in [-0.25, -0.2) is 0 Å². The fourth-order valence-electron chi connectivity index (χ4n) is 1.66. The van der Waals surface area contributed by atoms with E-state index in [1.165, 1.54) is 0 Å². The van der Waals surface area contributed by atoms with Gasteiger partial charge in [-0.3, -0.25) is 4.90 Å². The first-order valence-electron chi connectivity index (χ1n) is 6.02. The van der Waals surface area contributed by atoms with Crippen LogP contribution in [0.2, 0.25) is 0 Å². The zero-order valence-electron chi connectivity index (χ0n) is 10.4. The molecule has 18 heavy (non-hydrogen) atoms. The van der Waals surface area contributed by atoms with Gasteiger partial charge in [-0.2, -0.15) is 16.3 Å². The van der Waals surface area contributed by atoms with E-state index in [4.69, 9.17) is 9.63 Å². The number of aromatic nitrogens is 2. The van der Waals surface area contributed by atoms with Gasteiger partial charge in [0.2, 0.25) is 0 Å². The molecule has 0 amide bonds. The van der Waals surface area contributed by atoms with Crippen LogP contribution in [0.3, 0.4) is 0 Å². The molecule has 98 valence electrons. The van der Waals surface area contributed by atoms with Gasteiger partial charge in [0, 0.05) is 18.5 Å². The third-order valence-electron chi connectivity index (χ3n) is 2.68. The van der Waals surface area contributed by atoms with E-state index >= 15 is 0 Å². The Labute approximate surface area is 110 Å². The average molecular weight is 267 g/mol. The number of nitrogens with zero attached hydrogens (tertiary/aromatic N) is 3. The van der Waals surface area contributed by atoms with Gasteiger partial charge < -0.3 is 9.63 Å². The number of aliphatic hydroxyl groups is 1. The number of hydrogen-bond donors (Lipinski definition) is 1. The molecule has 2 heterocycles. The van der Waals surface area contributed by atoms with Crippen LogP contribution in [0.15, 0.2) is 21.3 Å². The SMILES string of the molecule is CCN(CCCO)Cc1noc(-c2ccsc2)n1. The van der Waals surface area contributed by atoms with Crippen molar-refractivity contribution in [1.29, 1.82) is 0 Å². The van der Waals surface area contributed by atoms with E-state index < -0.39 is 0 Å². The van der Waals surface area contributed by atoms with Crippen molar-refractivity contribution < 1.29 is 9.63 Å². The van der Waals surface area contributed by atoms with Crippen molar-refractivity contribution in [2.24, 2.45) is 0 Å². The molecule has 5 nitrogen and oxygen atoms in total. The summed E-state index contributed by atoms with van der Waals surface area (Å²) in [5.41, 5.74) is 0.970. The minimum Gasteiger partial charge on any atom is -0.396 e. The second kappa shape index (κ2) is 6.63. The smallest absolute Gasteiger partial charge is 0.258 e. The quantitative estimate of drug-likeness (QED) is 0.831. The first kappa shape index (κ1) is 13.2. The van der Waals surface area contributed by atoms with Crippen LogP contribution in [-0.2, 0) is 6.54 Å². The van der Waals surface area contributed by atoms with E-state index in [0.29, 0.717) is 18.3 Å². The third kappa shape index (κ3) is 3.38. The molecule has 1 N–H and O–H groups in total. The highest BCUT2D eigenvalue weighted by Gasteiger charge is 2.11. The highest BCUT2D eigenvalue weighted by atomic mass is 32.1. The van der Waals surface area contributed by atoms with E-state index in [2.05, 4.69) is 22.0 Å². The lowest BCUT2D eigenvalue weighted by Crippen LogP contribution is -2.25. The van der Waals surface area contributed by atoms with Crippen LogP contribution in [0.5, 0.6) is 0 Å². The maximum atomic E-state index is 8.83. The zero-order valence-corrected chi connectivity index (χ0v) is 11.2. The van der Waals surface area contributed by atoms with Gasteiger partial charge in [-0.15, -0.1) is 0 Å². The van der Waals surface area contributed by atoms with Crippen molar-refractivity contribution >= 4 is 11.3 Å². The molecule has 0 saturated heterocycles. The lowest BCUT2D eigenvalue weighted by molar-refractivity contribution is 0.220. The Morgan fingerprint density at radius 1 is 1.50 bits per heavy atom. The van der Waals surface area contributed by atoms with E-state index in [0.717, 1.165) is 25.1 Å². The van der Waals surface area contributed by atoms with Crippen molar-refractivity contribution in [3.8, 4) is 11.5 Å². The van der Waals surface area contributed by atoms with Crippen molar-refractivity contribution in [2.75, 3.05) is 19.7 Å². The van der Waals surface area contributed by atoms with E-state index in [1.807, 2.05) is 16.8 Å². The van der Waals surface area contributed by atoms with Crippen LogP contribution >= 0.6 is 11.3 Å². The topological polar surface area (TPSA) is 62.4 Å². The highest BCUT2D eigenvalue weighted by molar-refractivity contribution is 7.08. The minimum atomic E-state index is 0.211. The van der Waals surface area contributed by atoms with Gasteiger partial charge in [0.25, 0.3) is 5.89 Å². The Bertz CT molecular complexity index is 456. The van der Waals surface area contributed by atoms with Crippen LogP contribution in [0.25, 0.3) is 11.5 Å². The summed E-state index contributed by atoms with van der Waals surface area (Å²) in [6.45, 7) is 4.70. The standard InChI is InChI=1S/C12H17N3O2S/c1-2-15(5-3-6-16)8-11-13-12(17-14-11)10-4-7-18-9-10/h4,7,9,16H,2-3,5-6,8H2,1H3. The number of hydrogen-bond acceptors (Lipinski definition) is 6. The Morgan fingerprint density at radius 2 is 2.39 bits per heavy atom. The molecule has 2 aromatic heterocycles. The number of aliphatic hydroxyl groups excluding tert-OH is 1. The summed E-state index contributed by atoms with van der Waals surface area (Å²) >= 11 is 1.61. The average Bonchev–Trinajstić information content (AvgIpc) is 3.04. The van der Waals surface area contributed by atoms with Crippen molar-refractivity contribution in [2.45, 2.75) is 19.9 Å². The van der Waals surface area contributed by atoms with Gasteiger partial charge in [0.1, 0.15) is 0 Å². The Hall–Kier alpha value is -1.24. The molecule has 0 aliphatic heterocycles. The van der Waals surface area contributed by atoms with Crippen LogP contribution in [0.4, 0.5) is 0 Å². The van der Waals surface area contributed by atoms with Gasteiger partial charge in [-0.1, -0.05) is 12.1 Å². The molecule has 0 unspecified atom stereocenters. The van der Waals surface area contributed by atoms with Crippen molar-refractivity contribution in [3.05, 3.63) is 22.7 Å². The Morgan fingerprint density at radius 3 is 3.06 bits per heavy atom. The molecule has 0 fully saturated rings. The van der Waals surface area contributed by atoms with Crippen LogP contribution in [0, 0.1) is 0 Å². The molecule has 0 aliphatic rings. The third-order valence-corrected chi connectivity index (χ3v) is 3.36. The van der Waals surface area contributed by atoms with E-state index in [9.17, 15) is 0 Å². The zero-order chi connectivity index (χ0) is 12.8. The molecule has 0 spiro atoms. The summed E-state index contributed by atoms with van der Waals surface area (Å²) in [6, 6.07) is 1.96. The minimum absolute atomic E-state index is 0.211. The number of rotatable bonds is 7. The van der Waals surface area contributed by atoms with Gasteiger partial charge in [0.15, 0.2) is 5.82 Å². The molecule has 2 aromatic rings. The first-order valence-corrected chi connectivity index (χ1v) is 6.96. The van der Waals surface area contributed by atoms with Gasteiger partial charge in [-0.05, 0) is 24.4 Å². The fraction of sp³-hybridized carbons (Fsp3) is 0.500. The summed E-state index contributed by atoms with van der Waals surface area (Å²) in [5, 5.41) is 16.8. The lowest BCUT2D eigenvalue weighted by Gasteiger charge is -2.17. The second-order valence-electron chi connectivity index (χ2n) is 3.97. The molecule has 6 heteroatoms. The Kier molecular flexibility index (Phi) is 4.86. The normalized spacial score (nSPS) is 11.3. The molecule has 0 saturated carbocycles. The molecule has 0 bridgehead atoms. The summed E-state index contributed by atoms with van der Waals surface area (Å²) in [4.78, 5) is 6.55. The summed E-state index contributed by atoms with van der Waals surface area (Å²) in [5.74, 6) is 1.26. The molecule has 0 atom stereocenters. The summed E-state index contributed by atoms with van der Waals surface area (Å²) < 4.78 is 5.23. The van der Waals surface area contributed by atoms with E-state index in [-0.39, 0.29) is 6.61 Å². The van der Waals surface area contributed by atoms with Gasteiger partial charge >= 0.3 is 0 Å². The predicted octanol–water partition coefficient (Wildman–Crippen LogP) is 2.00.